The third-order valence-electron chi connectivity index (χ3n) is 4.01. The molecule has 3 rings (SSSR count). The highest BCUT2D eigenvalue weighted by molar-refractivity contribution is 5.12. The highest BCUT2D eigenvalue weighted by atomic mass is 16.4. The van der Waals surface area contributed by atoms with Crippen LogP contribution in [0.15, 0.2) is 4.42 Å². The van der Waals surface area contributed by atoms with Crippen LogP contribution in [0.2, 0.25) is 0 Å². The van der Waals surface area contributed by atoms with Crippen molar-refractivity contribution in [3.05, 3.63) is 17.3 Å². The summed E-state index contributed by atoms with van der Waals surface area (Å²) in [5.74, 6) is 3.44. The average molecular weight is 220 g/mol. The minimum absolute atomic E-state index is 0.620. The van der Waals surface area contributed by atoms with Gasteiger partial charge in [-0.2, -0.15) is 0 Å². The van der Waals surface area contributed by atoms with Gasteiger partial charge in [0.05, 0.1) is 5.69 Å². The van der Waals surface area contributed by atoms with Crippen LogP contribution < -0.4 is 5.32 Å². The monoisotopic (exact) mass is 220 g/mol. The van der Waals surface area contributed by atoms with Crippen molar-refractivity contribution in [2.24, 2.45) is 5.92 Å². The number of nitrogens with zero attached hydrogens (tertiary/aromatic N) is 1. The Balaban J connectivity index is 1.70. The lowest BCUT2D eigenvalue weighted by Crippen LogP contribution is -2.12. The predicted octanol–water partition coefficient (Wildman–Crippen LogP) is 2.40. The average Bonchev–Trinajstić information content (AvgIpc) is 2.76. The minimum atomic E-state index is 0.620. The highest BCUT2D eigenvalue weighted by Gasteiger charge is 2.26. The molecule has 1 saturated heterocycles. The molecular weight excluding hydrogens is 200 g/mol. The normalized spacial score (nSPS) is 25.9. The summed E-state index contributed by atoms with van der Waals surface area (Å²) in [6.45, 7) is 4.37. The molecule has 2 fully saturated rings. The molecule has 1 aliphatic heterocycles. The van der Waals surface area contributed by atoms with E-state index < -0.39 is 0 Å². The molecule has 1 aromatic rings. The van der Waals surface area contributed by atoms with Crippen molar-refractivity contribution in [2.75, 3.05) is 13.1 Å². The molecule has 1 aromatic heterocycles. The molecular formula is C13H20N2O. The SMILES string of the molecule is Cc1oc(C2CCC2)nc1CC1CCNC1. The number of aromatic nitrogens is 1. The number of rotatable bonds is 3. The number of nitrogens with one attached hydrogen (secondary N) is 1. The van der Waals surface area contributed by atoms with E-state index in [1.54, 1.807) is 0 Å². The van der Waals surface area contributed by atoms with Gasteiger partial charge in [-0.05, 0) is 51.6 Å². The van der Waals surface area contributed by atoms with E-state index in [-0.39, 0.29) is 0 Å². The Morgan fingerprint density at radius 3 is 2.88 bits per heavy atom. The van der Waals surface area contributed by atoms with Crippen molar-refractivity contribution in [1.82, 2.24) is 10.3 Å². The van der Waals surface area contributed by atoms with Crippen molar-refractivity contribution >= 4 is 0 Å². The number of hydrogen-bond acceptors (Lipinski definition) is 3. The minimum Gasteiger partial charge on any atom is -0.445 e. The Morgan fingerprint density at radius 2 is 2.25 bits per heavy atom. The molecule has 1 N–H and O–H groups in total. The Bertz CT molecular complexity index is 362. The van der Waals surface area contributed by atoms with Crippen molar-refractivity contribution in [1.29, 1.82) is 0 Å². The summed E-state index contributed by atoms with van der Waals surface area (Å²) < 4.78 is 5.80. The summed E-state index contributed by atoms with van der Waals surface area (Å²) in [5.41, 5.74) is 1.20. The number of oxazole rings is 1. The first-order valence-corrected chi connectivity index (χ1v) is 6.50. The van der Waals surface area contributed by atoms with E-state index in [2.05, 4.69) is 12.2 Å². The van der Waals surface area contributed by atoms with Gasteiger partial charge < -0.3 is 9.73 Å². The fraction of sp³-hybridized carbons (Fsp3) is 0.769. The molecule has 0 radical (unpaired) electrons. The molecule has 2 aliphatic rings. The standard InChI is InChI=1S/C13H20N2O/c1-9-12(7-10-5-6-14-8-10)15-13(16-9)11-3-2-4-11/h10-11,14H,2-8H2,1H3. The highest BCUT2D eigenvalue weighted by Crippen LogP contribution is 2.36. The van der Waals surface area contributed by atoms with Crippen molar-refractivity contribution in [3.63, 3.8) is 0 Å². The maximum atomic E-state index is 5.80. The third-order valence-corrected chi connectivity index (χ3v) is 4.01. The second kappa shape index (κ2) is 4.21. The first-order chi connectivity index (χ1) is 7.83. The van der Waals surface area contributed by atoms with E-state index in [4.69, 9.17) is 9.40 Å². The van der Waals surface area contributed by atoms with Crippen LogP contribution in [-0.2, 0) is 6.42 Å². The Hall–Kier alpha value is -0.830. The molecule has 1 atom stereocenters. The summed E-state index contributed by atoms with van der Waals surface area (Å²) in [5, 5.41) is 3.41. The second-order valence-corrected chi connectivity index (χ2v) is 5.25. The summed E-state index contributed by atoms with van der Waals surface area (Å²) in [7, 11) is 0. The van der Waals surface area contributed by atoms with E-state index in [1.165, 1.54) is 31.4 Å². The smallest absolute Gasteiger partial charge is 0.197 e. The van der Waals surface area contributed by atoms with Gasteiger partial charge in [0.1, 0.15) is 5.76 Å². The number of aryl methyl sites for hydroxylation is 1. The van der Waals surface area contributed by atoms with Crippen LogP contribution in [0.4, 0.5) is 0 Å². The number of hydrogen-bond donors (Lipinski definition) is 1. The zero-order valence-corrected chi connectivity index (χ0v) is 9.96. The maximum absolute atomic E-state index is 5.80. The van der Waals surface area contributed by atoms with E-state index in [0.717, 1.165) is 37.1 Å². The summed E-state index contributed by atoms with van der Waals surface area (Å²) in [6, 6.07) is 0. The molecule has 0 bridgehead atoms. The lowest BCUT2D eigenvalue weighted by molar-refractivity contribution is 0.329. The lowest BCUT2D eigenvalue weighted by Gasteiger charge is -2.21. The van der Waals surface area contributed by atoms with Crippen LogP contribution >= 0.6 is 0 Å². The fourth-order valence-corrected chi connectivity index (χ4v) is 2.63. The molecule has 1 aliphatic carbocycles. The fourth-order valence-electron chi connectivity index (χ4n) is 2.63. The Labute approximate surface area is 96.6 Å². The first kappa shape index (κ1) is 10.3. The molecule has 0 amide bonds. The van der Waals surface area contributed by atoms with Gasteiger partial charge in [0.25, 0.3) is 0 Å². The van der Waals surface area contributed by atoms with E-state index in [1.807, 2.05) is 0 Å². The molecule has 2 heterocycles. The van der Waals surface area contributed by atoms with E-state index in [9.17, 15) is 0 Å². The summed E-state index contributed by atoms with van der Waals surface area (Å²) in [6.07, 6.45) is 6.25. The van der Waals surface area contributed by atoms with Crippen molar-refractivity contribution < 1.29 is 4.42 Å². The molecule has 16 heavy (non-hydrogen) atoms. The molecule has 88 valence electrons. The molecule has 0 aromatic carbocycles. The van der Waals surface area contributed by atoms with Gasteiger partial charge in [-0.15, -0.1) is 0 Å². The summed E-state index contributed by atoms with van der Waals surface area (Å²) in [4.78, 5) is 4.70. The zero-order chi connectivity index (χ0) is 11.0. The van der Waals surface area contributed by atoms with Gasteiger partial charge in [0.15, 0.2) is 5.89 Å². The van der Waals surface area contributed by atoms with E-state index >= 15 is 0 Å². The molecule has 1 saturated carbocycles. The lowest BCUT2D eigenvalue weighted by atomic mass is 9.85. The van der Waals surface area contributed by atoms with Crippen LogP contribution in [0.1, 0.15) is 48.9 Å². The third kappa shape index (κ3) is 1.88. The molecule has 3 heteroatoms. The predicted molar refractivity (Wildman–Crippen MR) is 62.5 cm³/mol. The van der Waals surface area contributed by atoms with Crippen LogP contribution in [0.25, 0.3) is 0 Å². The topological polar surface area (TPSA) is 38.1 Å². The first-order valence-electron chi connectivity index (χ1n) is 6.50. The van der Waals surface area contributed by atoms with Gasteiger partial charge in [-0.1, -0.05) is 6.42 Å². The van der Waals surface area contributed by atoms with E-state index in [0.29, 0.717) is 5.92 Å². The van der Waals surface area contributed by atoms with Gasteiger partial charge >= 0.3 is 0 Å². The second-order valence-electron chi connectivity index (χ2n) is 5.25. The van der Waals surface area contributed by atoms with Gasteiger partial charge in [0.2, 0.25) is 0 Å². The van der Waals surface area contributed by atoms with Gasteiger partial charge in [-0.25, -0.2) is 4.98 Å². The van der Waals surface area contributed by atoms with Gasteiger partial charge in [-0.3, -0.25) is 0 Å². The van der Waals surface area contributed by atoms with Crippen molar-refractivity contribution in [3.8, 4) is 0 Å². The van der Waals surface area contributed by atoms with Crippen molar-refractivity contribution in [2.45, 2.75) is 44.9 Å². The molecule has 1 unspecified atom stereocenters. The zero-order valence-electron chi connectivity index (χ0n) is 9.96. The summed E-state index contributed by atoms with van der Waals surface area (Å²) >= 11 is 0. The molecule has 3 nitrogen and oxygen atoms in total. The molecule has 0 spiro atoms. The van der Waals surface area contributed by atoms with Crippen LogP contribution in [0.5, 0.6) is 0 Å². The van der Waals surface area contributed by atoms with Crippen LogP contribution in [0.3, 0.4) is 0 Å². The maximum Gasteiger partial charge on any atom is 0.197 e. The Kier molecular flexibility index (Phi) is 2.72. The quantitative estimate of drug-likeness (QED) is 0.850. The van der Waals surface area contributed by atoms with Crippen LogP contribution in [-0.4, -0.2) is 18.1 Å². The van der Waals surface area contributed by atoms with Crippen LogP contribution in [0, 0.1) is 12.8 Å². The van der Waals surface area contributed by atoms with Gasteiger partial charge in [0, 0.05) is 5.92 Å². The Morgan fingerprint density at radius 1 is 1.38 bits per heavy atom. The largest absolute Gasteiger partial charge is 0.445 e.